The fourth-order valence-corrected chi connectivity index (χ4v) is 1.55. The van der Waals surface area contributed by atoms with Gasteiger partial charge in [0.15, 0.2) is 0 Å². The van der Waals surface area contributed by atoms with Gasteiger partial charge in [-0.2, -0.15) is 0 Å². The molecule has 71 valence electrons. The van der Waals surface area contributed by atoms with Gasteiger partial charge in [-0.3, -0.25) is 0 Å². The van der Waals surface area contributed by atoms with Crippen molar-refractivity contribution in [3.05, 3.63) is 10.4 Å². The van der Waals surface area contributed by atoms with E-state index in [2.05, 4.69) is 10.0 Å². The fraction of sp³-hybridized carbons (Fsp3) is 1.00. The molecule has 0 amide bonds. The molecule has 1 aliphatic heterocycles. The van der Waals surface area contributed by atoms with Crippen molar-refractivity contribution in [2.24, 2.45) is 5.11 Å². The number of nitrogens with zero attached hydrogens (tertiary/aromatic N) is 3. The van der Waals surface area contributed by atoms with E-state index in [9.17, 15) is 0 Å². The number of hydrogen-bond acceptors (Lipinski definition) is 3. The second kappa shape index (κ2) is 5.12. The summed E-state index contributed by atoms with van der Waals surface area (Å²) in [4.78, 5) is 2.77. The summed E-state index contributed by atoms with van der Waals surface area (Å²) in [6, 6.07) is -0.0644. The largest absolute Gasteiger partial charge is 0.396 e. The monoisotopic (exact) mass is 182 g/mol. The number of aliphatic hydroxyl groups is 1. The van der Waals surface area contributed by atoms with E-state index in [1.165, 1.54) is 0 Å². The standard InChI is InChI=1S/C7H13BN3O2/c1-8-7-4-5(10-11-9)6(13-7)2-3-12/h5-7,12H,2-4H2,1H3/t5?,6-,7-/m1/s1. The van der Waals surface area contributed by atoms with E-state index in [4.69, 9.17) is 15.4 Å². The smallest absolute Gasteiger partial charge is 0.146 e. The predicted molar refractivity (Wildman–Crippen MR) is 49.5 cm³/mol. The zero-order valence-electron chi connectivity index (χ0n) is 7.63. The van der Waals surface area contributed by atoms with Crippen molar-refractivity contribution in [1.82, 2.24) is 0 Å². The van der Waals surface area contributed by atoms with E-state index in [1.807, 2.05) is 14.1 Å². The second-order valence-corrected chi connectivity index (χ2v) is 3.07. The van der Waals surface area contributed by atoms with Crippen LogP contribution >= 0.6 is 0 Å². The van der Waals surface area contributed by atoms with Gasteiger partial charge in [-0.15, -0.1) is 0 Å². The van der Waals surface area contributed by atoms with E-state index < -0.39 is 0 Å². The Balaban J connectivity index is 2.53. The highest BCUT2D eigenvalue weighted by Crippen LogP contribution is 2.24. The molecule has 0 bridgehead atoms. The van der Waals surface area contributed by atoms with Crippen LogP contribution in [0.4, 0.5) is 0 Å². The minimum atomic E-state index is -0.127. The number of rotatable bonds is 4. The van der Waals surface area contributed by atoms with Gasteiger partial charge in [0.25, 0.3) is 0 Å². The molecule has 13 heavy (non-hydrogen) atoms. The van der Waals surface area contributed by atoms with Crippen LogP contribution in [-0.4, -0.2) is 37.1 Å². The molecule has 1 rings (SSSR count). The molecule has 3 atom stereocenters. The van der Waals surface area contributed by atoms with Crippen molar-refractivity contribution in [2.75, 3.05) is 6.61 Å². The van der Waals surface area contributed by atoms with Crippen LogP contribution in [0.3, 0.4) is 0 Å². The van der Waals surface area contributed by atoms with Gasteiger partial charge >= 0.3 is 0 Å². The molecule has 0 aromatic heterocycles. The Morgan fingerprint density at radius 2 is 2.54 bits per heavy atom. The van der Waals surface area contributed by atoms with Crippen LogP contribution in [0.2, 0.25) is 6.82 Å². The molecule has 0 aliphatic carbocycles. The fourth-order valence-electron chi connectivity index (χ4n) is 1.55. The Morgan fingerprint density at radius 1 is 1.77 bits per heavy atom. The van der Waals surface area contributed by atoms with Crippen LogP contribution in [0.15, 0.2) is 5.11 Å². The Labute approximate surface area is 78.0 Å². The molecule has 1 radical (unpaired) electrons. The minimum Gasteiger partial charge on any atom is -0.396 e. The van der Waals surface area contributed by atoms with Crippen LogP contribution in [-0.2, 0) is 4.74 Å². The Kier molecular flexibility index (Phi) is 4.08. The van der Waals surface area contributed by atoms with E-state index >= 15 is 0 Å². The van der Waals surface area contributed by atoms with Gasteiger partial charge in [0, 0.05) is 17.5 Å². The van der Waals surface area contributed by atoms with Gasteiger partial charge in [-0.1, -0.05) is 11.9 Å². The zero-order valence-corrected chi connectivity index (χ0v) is 7.63. The molecular weight excluding hydrogens is 169 g/mol. The molecule has 0 saturated carbocycles. The van der Waals surface area contributed by atoms with Crippen LogP contribution in [0.25, 0.3) is 10.4 Å². The quantitative estimate of drug-likeness (QED) is 0.303. The third-order valence-corrected chi connectivity index (χ3v) is 2.24. The van der Waals surface area contributed by atoms with Crippen molar-refractivity contribution in [3.63, 3.8) is 0 Å². The van der Waals surface area contributed by atoms with Gasteiger partial charge in [0.2, 0.25) is 0 Å². The molecule has 1 fully saturated rings. The summed E-state index contributed by atoms with van der Waals surface area (Å²) in [5.74, 6) is 0. The zero-order chi connectivity index (χ0) is 9.68. The highest BCUT2D eigenvalue weighted by atomic mass is 16.5. The topological polar surface area (TPSA) is 78.2 Å². The molecule has 0 aromatic rings. The lowest BCUT2D eigenvalue weighted by Crippen LogP contribution is -2.20. The number of hydrogen-bond donors (Lipinski definition) is 1. The normalized spacial score (nSPS) is 32.6. The third-order valence-electron chi connectivity index (χ3n) is 2.24. The van der Waals surface area contributed by atoms with E-state index in [1.54, 1.807) is 0 Å². The lowest BCUT2D eigenvalue weighted by molar-refractivity contribution is 0.0614. The predicted octanol–water partition coefficient (Wildman–Crippen LogP) is 0.915. The molecule has 0 spiro atoms. The van der Waals surface area contributed by atoms with Crippen molar-refractivity contribution in [2.45, 2.75) is 37.8 Å². The summed E-state index contributed by atoms with van der Waals surface area (Å²) < 4.78 is 5.54. The van der Waals surface area contributed by atoms with Crippen molar-refractivity contribution in [1.29, 1.82) is 0 Å². The minimum absolute atomic E-state index is 0.0621. The van der Waals surface area contributed by atoms with Crippen LogP contribution in [0.1, 0.15) is 12.8 Å². The van der Waals surface area contributed by atoms with E-state index in [-0.39, 0.29) is 24.8 Å². The van der Waals surface area contributed by atoms with Crippen molar-refractivity contribution < 1.29 is 9.84 Å². The SMILES string of the molecule is C[B][C@H]1CC(N=[N+]=[N-])[C@@H](CCO)O1. The highest BCUT2D eigenvalue weighted by Gasteiger charge is 2.32. The second-order valence-electron chi connectivity index (χ2n) is 3.07. The van der Waals surface area contributed by atoms with Gasteiger partial charge in [0.1, 0.15) is 7.28 Å². The summed E-state index contributed by atoms with van der Waals surface area (Å²) in [6.07, 6.45) is 1.14. The Morgan fingerprint density at radius 3 is 3.08 bits per heavy atom. The number of azide groups is 1. The maximum atomic E-state index is 8.75. The van der Waals surface area contributed by atoms with Crippen LogP contribution < -0.4 is 0 Å². The maximum absolute atomic E-state index is 8.75. The van der Waals surface area contributed by atoms with Gasteiger partial charge in [-0.05, 0) is 18.4 Å². The lowest BCUT2D eigenvalue weighted by Gasteiger charge is -2.12. The molecule has 1 saturated heterocycles. The van der Waals surface area contributed by atoms with Gasteiger partial charge < -0.3 is 9.84 Å². The average Bonchev–Trinajstić information content (AvgIpc) is 2.50. The lowest BCUT2D eigenvalue weighted by atomic mass is 9.73. The molecule has 0 aromatic carbocycles. The summed E-state index contributed by atoms with van der Waals surface area (Å²) in [7, 11) is 1.94. The Hall–Kier alpha value is -0.705. The van der Waals surface area contributed by atoms with E-state index in [0.29, 0.717) is 6.42 Å². The number of ether oxygens (including phenoxy) is 1. The van der Waals surface area contributed by atoms with Crippen LogP contribution in [0.5, 0.6) is 0 Å². The molecule has 6 heteroatoms. The van der Waals surface area contributed by atoms with Gasteiger partial charge in [0.05, 0.1) is 12.1 Å². The molecular formula is C7H13BN3O2. The highest BCUT2D eigenvalue weighted by molar-refractivity contribution is 6.35. The third kappa shape index (κ3) is 2.62. The first-order valence-electron chi connectivity index (χ1n) is 4.41. The maximum Gasteiger partial charge on any atom is 0.146 e. The first-order valence-corrected chi connectivity index (χ1v) is 4.41. The first-order chi connectivity index (χ1) is 6.31. The number of aliphatic hydroxyl groups excluding tert-OH is 1. The van der Waals surface area contributed by atoms with E-state index in [0.717, 1.165) is 6.42 Å². The average molecular weight is 182 g/mol. The summed E-state index contributed by atoms with van der Waals surface area (Å²) in [5, 5.41) is 12.4. The summed E-state index contributed by atoms with van der Waals surface area (Å²) in [5.41, 5.74) is 8.30. The molecule has 1 heterocycles. The summed E-state index contributed by atoms with van der Waals surface area (Å²) in [6.45, 7) is 1.98. The van der Waals surface area contributed by atoms with Crippen molar-refractivity contribution in [3.8, 4) is 0 Å². The molecule has 1 unspecified atom stereocenters. The first kappa shape index (κ1) is 10.4. The van der Waals surface area contributed by atoms with Crippen molar-refractivity contribution >= 4 is 7.28 Å². The Bertz CT molecular complexity index is 208. The van der Waals surface area contributed by atoms with Gasteiger partial charge in [-0.25, -0.2) is 0 Å². The molecule has 1 aliphatic rings. The molecule has 1 N–H and O–H groups in total. The summed E-state index contributed by atoms with van der Waals surface area (Å²) >= 11 is 0. The molecule has 5 nitrogen and oxygen atoms in total. The van der Waals surface area contributed by atoms with Crippen LogP contribution in [0, 0.1) is 0 Å².